The van der Waals surface area contributed by atoms with Gasteiger partial charge in [-0.2, -0.15) is 0 Å². The van der Waals surface area contributed by atoms with E-state index in [9.17, 15) is 18.0 Å². The number of amides is 2. The fourth-order valence-electron chi connectivity index (χ4n) is 4.22. The van der Waals surface area contributed by atoms with Crippen molar-refractivity contribution in [3.05, 3.63) is 81.8 Å². The third-order valence-corrected chi connectivity index (χ3v) is 8.09. The second-order valence-electron chi connectivity index (χ2n) is 7.62. The minimum absolute atomic E-state index is 0.0127. The van der Waals surface area contributed by atoms with Crippen LogP contribution < -0.4 is 19.3 Å². The quantitative estimate of drug-likeness (QED) is 0.352. The first-order valence-electron chi connectivity index (χ1n) is 10.3. The number of carbonyl (C=O) groups is 2. The standard InChI is InChI=1S/C24H20Cl2N2O7S/c1-33-15-9-11-21(20(13-15)34-2)36(31,32)28-19-10-8-14(25)12-17(19)24(23(28)30,22(29)27-35-3)16-6-4-5-7-18(16)26/h4-13H,1-3H3,(H,27,29). The first kappa shape index (κ1) is 25.8. The first-order valence-corrected chi connectivity index (χ1v) is 12.5. The molecule has 0 aromatic heterocycles. The molecule has 0 radical (unpaired) electrons. The number of hydrogen-bond donors (Lipinski definition) is 1. The summed E-state index contributed by atoms with van der Waals surface area (Å²) in [7, 11) is -0.737. The Hall–Kier alpha value is -3.31. The molecule has 12 heteroatoms. The predicted octanol–water partition coefficient (Wildman–Crippen LogP) is 3.71. The van der Waals surface area contributed by atoms with Gasteiger partial charge in [0.25, 0.3) is 21.8 Å². The molecule has 2 amide bonds. The lowest BCUT2D eigenvalue weighted by atomic mass is 9.74. The lowest BCUT2D eigenvalue weighted by Gasteiger charge is -2.28. The summed E-state index contributed by atoms with van der Waals surface area (Å²) in [5, 5.41) is 0.230. The van der Waals surface area contributed by atoms with Gasteiger partial charge in [0.1, 0.15) is 16.4 Å². The van der Waals surface area contributed by atoms with Crippen LogP contribution in [-0.4, -0.2) is 41.6 Å². The van der Waals surface area contributed by atoms with Crippen LogP contribution in [-0.2, 0) is 29.9 Å². The molecule has 0 spiro atoms. The monoisotopic (exact) mass is 550 g/mol. The maximum absolute atomic E-state index is 14.3. The molecule has 0 fully saturated rings. The Kier molecular flexibility index (Phi) is 6.89. The Labute approximate surface area is 217 Å². The number of methoxy groups -OCH3 is 2. The minimum atomic E-state index is -4.63. The molecule has 1 unspecified atom stereocenters. The highest BCUT2D eigenvalue weighted by molar-refractivity contribution is 7.93. The van der Waals surface area contributed by atoms with Crippen LogP contribution in [0.4, 0.5) is 5.69 Å². The summed E-state index contributed by atoms with van der Waals surface area (Å²) >= 11 is 12.7. The molecule has 0 aliphatic carbocycles. The van der Waals surface area contributed by atoms with Crippen LogP contribution in [0.25, 0.3) is 0 Å². The molecule has 3 aromatic carbocycles. The van der Waals surface area contributed by atoms with Crippen molar-refractivity contribution in [2.24, 2.45) is 0 Å². The number of hydroxylamine groups is 1. The van der Waals surface area contributed by atoms with Gasteiger partial charge in [-0.1, -0.05) is 41.4 Å². The molecule has 36 heavy (non-hydrogen) atoms. The Bertz CT molecular complexity index is 1480. The van der Waals surface area contributed by atoms with E-state index in [1.54, 1.807) is 12.1 Å². The largest absolute Gasteiger partial charge is 0.497 e. The highest BCUT2D eigenvalue weighted by Crippen LogP contribution is 2.51. The van der Waals surface area contributed by atoms with Crippen molar-refractivity contribution in [1.82, 2.24) is 5.48 Å². The molecule has 188 valence electrons. The van der Waals surface area contributed by atoms with Crippen LogP contribution in [0.3, 0.4) is 0 Å². The zero-order valence-electron chi connectivity index (χ0n) is 19.2. The second kappa shape index (κ2) is 9.62. The van der Waals surface area contributed by atoms with Crippen LogP contribution in [0.2, 0.25) is 10.0 Å². The highest BCUT2D eigenvalue weighted by atomic mass is 35.5. The number of nitrogens with one attached hydrogen (secondary N) is 1. The van der Waals surface area contributed by atoms with Gasteiger partial charge < -0.3 is 9.47 Å². The summed E-state index contributed by atoms with van der Waals surface area (Å²) in [6.07, 6.45) is 0. The van der Waals surface area contributed by atoms with E-state index in [4.69, 9.17) is 37.5 Å². The molecule has 1 aliphatic heterocycles. The molecule has 1 heterocycles. The summed E-state index contributed by atoms with van der Waals surface area (Å²) in [5.41, 5.74) is -0.0775. The van der Waals surface area contributed by atoms with E-state index in [1.807, 2.05) is 0 Å². The third kappa shape index (κ3) is 3.77. The summed E-state index contributed by atoms with van der Waals surface area (Å²) in [6, 6.07) is 14.3. The molecule has 0 saturated heterocycles. The SMILES string of the molecule is CONC(=O)C1(c2ccccc2Cl)C(=O)N(S(=O)(=O)c2ccc(OC)cc2OC)c2ccc(Cl)cc21. The molecular weight excluding hydrogens is 531 g/mol. The molecule has 4 rings (SSSR count). The summed E-state index contributed by atoms with van der Waals surface area (Å²) in [4.78, 5) is 32.4. The second-order valence-corrected chi connectivity index (χ2v) is 10.2. The predicted molar refractivity (Wildman–Crippen MR) is 133 cm³/mol. The van der Waals surface area contributed by atoms with Crippen molar-refractivity contribution in [3.63, 3.8) is 0 Å². The van der Waals surface area contributed by atoms with E-state index in [1.165, 1.54) is 69.9 Å². The van der Waals surface area contributed by atoms with Crippen molar-refractivity contribution in [2.45, 2.75) is 10.3 Å². The molecule has 0 saturated carbocycles. The molecule has 9 nitrogen and oxygen atoms in total. The fraction of sp³-hybridized carbons (Fsp3) is 0.167. The van der Waals surface area contributed by atoms with E-state index < -0.39 is 27.3 Å². The normalized spacial score (nSPS) is 17.0. The van der Waals surface area contributed by atoms with Gasteiger partial charge >= 0.3 is 0 Å². The van der Waals surface area contributed by atoms with E-state index in [2.05, 4.69) is 5.48 Å². The van der Waals surface area contributed by atoms with E-state index in [-0.39, 0.29) is 37.5 Å². The Balaban J connectivity index is 2.07. The number of halogens is 2. The van der Waals surface area contributed by atoms with Crippen LogP contribution in [0.5, 0.6) is 11.5 Å². The third-order valence-electron chi connectivity index (χ3n) is 5.79. The van der Waals surface area contributed by atoms with Crippen molar-refractivity contribution < 1.29 is 32.3 Å². The number of hydrogen-bond acceptors (Lipinski definition) is 7. The van der Waals surface area contributed by atoms with Crippen molar-refractivity contribution in [3.8, 4) is 11.5 Å². The van der Waals surface area contributed by atoms with E-state index in [0.29, 0.717) is 10.1 Å². The lowest BCUT2D eigenvalue weighted by Crippen LogP contribution is -2.53. The van der Waals surface area contributed by atoms with E-state index in [0.717, 1.165) is 0 Å². The number of rotatable bonds is 7. The summed E-state index contributed by atoms with van der Waals surface area (Å²) < 4.78 is 39.0. The maximum Gasteiger partial charge on any atom is 0.274 e. The maximum atomic E-state index is 14.3. The number of anilines is 1. The number of carbonyl (C=O) groups excluding carboxylic acids is 2. The van der Waals surface area contributed by atoms with Crippen molar-refractivity contribution in [2.75, 3.05) is 25.6 Å². The molecular formula is C24H20Cl2N2O7S. The Morgan fingerprint density at radius 2 is 1.67 bits per heavy atom. The van der Waals surface area contributed by atoms with E-state index >= 15 is 0 Å². The van der Waals surface area contributed by atoms with Crippen molar-refractivity contribution in [1.29, 1.82) is 0 Å². The van der Waals surface area contributed by atoms with Gasteiger partial charge in [-0.05, 0) is 36.4 Å². The van der Waals surface area contributed by atoms with Gasteiger partial charge in [-0.15, -0.1) is 0 Å². The average Bonchev–Trinajstić information content (AvgIpc) is 3.12. The number of nitrogens with zero attached hydrogens (tertiary/aromatic N) is 1. The van der Waals surface area contributed by atoms with Crippen LogP contribution >= 0.6 is 23.2 Å². The molecule has 1 N–H and O–H groups in total. The minimum Gasteiger partial charge on any atom is -0.497 e. The van der Waals surface area contributed by atoms with Gasteiger partial charge in [0.05, 0.1) is 27.0 Å². The van der Waals surface area contributed by atoms with Crippen LogP contribution in [0.15, 0.2) is 65.6 Å². The van der Waals surface area contributed by atoms with Gasteiger partial charge in [0, 0.05) is 27.2 Å². The number of benzene rings is 3. The van der Waals surface area contributed by atoms with Crippen LogP contribution in [0, 0.1) is 0 Å². The van der Waals surface area contributed by atoms with Crippen molar-refractivity contribution >= 4 is 50.7 Å². The first-order chi connectivity index (χ1) is 17.1. The summed E-state index contributed by atoms with van der Waals surface area (Å²) in [5.74, 6) is -1.77. The zero-order chi connectivity index (χ0) is 26.3. The number of fused-ring (bicyclic) bond motifs is 1. The molecule has 1 atom stereocenters. The lowest BCUT2D eigenvalue weighted by molar-refractivity contribution is -0.140. The topological polar surface area (TPSA) is 111 Å². The Morgan fingerprint density at radius 3 is 2.31 bits per heavy atom. The smallest absolute Gasteiger partial charge is 0.274 e. The number of ether oxygens (including phenoxy) is 2. The van der Waals surface area contributed by atoms with Gasteiger partial charge in [-0.3, -0.25) is 14.4 Å². The average molecular weight is 551 g/mol. The Morgan fingerprint density at radius 1 is 0.944 bits per heavy atom. The van der Waals surface area contributed by atoms with Gasteiger partial charge in [0.2, 0.25) is 0 Å². The zero-order valence-corrected chi connectivity index (χ0v) is 21.6. The molecule has 3 aromatic rings. The van der Waals surface area contributed by atoms with Crippen LogP contribution in [0.1, 0.15) is 11.1 Å². The van der Waals surface area contributed by atoms with Gasteiger partial charge in [-0.25, -0.2) is 18.2 Å². The number of sulfonamides is 1. The highest BCUT2D eigenvalue weighted by Gasteiger charge is 2.61. The summed E-state index contributed by atoms with van der Waals surface area (Å²) in [6.45, 7) is 0. The van der Waals surface area contributed by atoms with Gasteiger partial charge in [0.15, 0.2) is 5.41 Å². The molecule has 0 bridgehead atoms. The molecule has 1 aliphatic rings. The fourth-order valence-corrected chi connectivity index (χ4v) is 6.28.